The second kappa shape index (κ2) is 5.23. The number of aromatic nitrogens is 1. The molecule has 0 aliphatic carbocycles. The van der Waals surface area contributed by atoms with Crippen molar-refractivity contribution in [2.45, 2.75) is 20.0 Å². The molecule has 1 atom stereocenters. The fourth-order valence-electron chi connectivity index (χ4n) is 1.57. The van der Waals surface area contributed by atoms with Crippen LogP contribution in [-0.2, 0) is 9.53 Å². The summed E-state index contributed by atoms with van der Waals surface area (Å²) in [6.45, 7) is 3.09. The highest BCUT2D eigenvalue weighted by atomic mass is 35.5. The molecule has 0 fully saturated rings. The molecule has 2 aromatic rings. The largest absolute Gasteiger partial charge is 0.456 e. The molecular weight excluding hydrogens is 254 g/mol. The quantitative estimate of drug-likeness (QED) is 0.796. The van der Waals surface area contributed by atoms with Gasteiger partial charge < -0.3 is 9.26 Å². The van der Waals surface area contributed by atoms with Crippen molar-refractivity contribution in [3.05, 3.63) is 41.0 Å². The molecule has 0 amide bonds. The number of halogens is 1. The minimum Gasteiger partial charge on any atom is -0.456 e. The van der Waals surface area contributed by atoms with Crippen molar-refractivity contribution in [1.29, 1.82) is 0 Å². The summed E-state index contributed by atoms with van der Waals surface area (Å²) in [5, 5.41) is 4.50. The fraction of sp³-hybridized carbons (Fsp3) is 0.231. The molecule has 0 aliphatic heterocycles. The molecule has 1 aromatic heterocycles. The van der Waals surface area contributed by atoms with E-state index in [0.29, 0.717) is 16.5 Å². The zero-order valence-electron chi connectivity index (χ0n) is 10.0. The molecule has 0 spiro atoms. The van der Waals surface area contributed by atoms with Crippen LogP contribution in [0.15, 0.2) is 34.9 Å². The Morgan fingerprint density at radius 1 is 1.44 bits per heavy atom. The standard InChI is InChI=1S/C13H12ClNO3/c1-8(17-9(2)16)12-7-13(18-15-12)10-4-3-5-11(14)6-10/h3-8H,1-2H3/t8-/m1/s1. The summed E-state index contributed by atoms with van der Waals surface area (Å²) < 4.78 is 10.2. The number of esters is 1. The fourth-order valence-corrected chi connectivity index (χ4v) is 1.76. The average Bonchev–Trinajstić information content (AvgIpc) is 2.77. The Morgan fingerprint density at radius 2 is 2.22 bits per heavy atom. The van der Waals surface area contributed by atoms with E-state index in [9.17, 15) is 4.79 Å². The number of ether oxygens (including phenoxy) is 1. The summed E-state index contributed by atoms with van der Waals surface area (Å²) in [6.07, 6.45) is -0.431. The lowest BCUT2D eigenvalue weighted by molar-refractivity contribution is -0.146. The van der Waals surface area contributed by atoms with E-state index in [2.05, 4.69) is 5.16 Å². The minimum atomic E-state index is -0.431. The van der Waals surface area contributed by atoms with Crippen molar-refractivity contribution >= 4 is 17.6 Å². The highest BCUT2D eigenvalue weighted by Gasteiger charge is 2.15. The molecule has 1 aromatic carbocycles. The lowest BCUT2D eigenvalue weighted by atomic mass is 10.1. The maximum absolute atomic E-state index is 10.9. The summed E-state index contributed by atoms with van der Waals surface area (Å²) in [5.41, 5.74) is 1.40. The van der Waals surface area contributed by atoms with Gasteiger partial charge >= 0.3 is 5.97 Å². The molecule has 0 aliphatic rings. The van der Waals surface area contributed by atoms with Gasteiger partial charge in [-0.05, 0) is 19.1 Å². The number of carbonyl (C=O) groups excluding carboxylic acids is 1. The Hall–Kier alpha value is -1.81. The lowest BCUT2D eigenvalue weighted by Crippen LogP contribution is -2.04. The molecular formula is C13H12ClNO3. The summed E-state index contributed by atoms with van der Waals surface area (Å²) in [7, 11) is 0. The Kier molecular flexibility index (Phi) is 3.67. The van der Waals surface area contributed by atoms with Crippen LogP contribution in [0.4, 0.5) is 0 Å². The predicted octanol–water partition coefficient (Wildman–Crippen LogP) is 3.62. The first-order valence-corrected chi connectivity index (χ1v) is 5.84. The average molecular weight is 266 g/mol. The maximum atomic E-state index is 10.9. The van der Waals surface area contributed by atoms with Gasteiger partial charge in [-0.25, -0.2) is 0 Å². The molecule has 5 heteroatoms. The topological polar surface area (TPSA) is 52.3 Å². The van der Waals surface area contributed by atoms with Crippen LogP contribution in [0.5, 0.6) is 0 Å². The first kappa shape index (κ1) is 12.6. The second-order valence-corrected chi connectivity index (χ2v) is 4.31. The highest BCUT2D eigenvalue weighted by molar-refractivity contribution is 6.30. The van der Waals surface area contributed by atoms with E-state index in [1.807, 2.05) is 12.1 Å². The first-order valence-electron chi connectivity index (χ1n) is 5.46. The van der Waals surface area contributed by atoms with E-state index in [1.165, 1.54) is 6.92 Å². The second-order valence-electron chi connectivity index (χ2n) is 3.88. The van der Waals surface area contributed by atoms with Gasteiger partial charge in [-0.2, -0.15) is 0 Å². The molecule has 18 heavy (non-hydrogen) atoms. The van der Waals surface area contributed by atoms with Crippen molar-refractivity contribution < 1.29 is 14.1 Å². The normalized spacial score (nSPS) is 12.2. The van der Waals surface area contributed by atoms with E-state index in [1.54, 1.807) is 25.1 Å². The van der Waals surface area contributed by atoms with Crippen molar-refractivity contribution in [1.82, 2.24) is 5.16 Å². The van der Waals surface area contributed by atoms with Crippen LogP contribution in [-0.4, -0.2) is 11.1 Å². The van der Waals surface area contributed by atoms with E-state index in [0.717, 1.165) is 5.56 Å². The van der Waals surface area contributed by atoms with Crippen LogP contribution in [0.2, 0.25) is 5.02 Å². The predicted molar refractivity (Wildman–Crippen MR) is 67.1 cm³/mol. The van der Waals surface area contributed by atoms with Crippen LogP contribution in [0, 0.1) is 0 Å². The molecule has 0 saturated carbocycles. The Morgan fingerprint density at radius 3 is 2.89 bits per heavy atom. The van der Waals surface area contributed by atoms with Gasteiger partial charge in [-0.15, -0.1) is 0 Å². The maximum Gasteiger partial charge on any atom is 0.303 e. The van der Waals surface area contributed by atoms with Gasteiger partial charge in [0.05, 0.1) is 0 Å². The summed E-state index contributed by atoms with van der Waals surface area (Å²) >= 11 is 5.90. The van der Waals surface area contributed by atoms with Crippen LogP contribution < -0.4 is 0 Å². The van der Waals surface area contributed by atoms with Gasteiger partial charge in [0, 0.05) is 23.6 Å². The number of hydrogen-bond acceptors (Lipinski definition) is 4. The van der Waals surface area contributed by atoms with Gasteiger partial charge in [-0.1, -0.05) is 28.9 Å². The number of benzene rings is 1. The summed E-state index contributed by atoms with van der Waals surface area (Å²) in [4.78, 5) is 10.9. The van der Waals surface area contributed by atoms with Crippen molar-refractivity contribution in [2.75, 3.05) is 0 Å². The van der Waals surface area contributed by atoms with Crippen LogP contribution in [0.25, 0.3) is 11.3 Å². The van der Waals surface area contributed by atoms with Crippen LogP contribution >= 0.6 is 11.6 Å². The van der Waals surface area contributed by atoms with Crippen molar-refractivity contribution in [3.63, 3.8) is 0 Å². The Labute approximate surface area is 109 Å². The number of rotatable bonds is 3. The van der Waals surface area contributed by atoms with Gasteiger partial charge in [-0.3, -0.25) is 4.79 Å². The lowest BCUT2D eigenvalue weighted by Gasteiger charge is -2.06. The summed E-state index contributed by atoms with van der Waals surface area (Å²) in [6, 6.07) is 8.99. The monoisotopic (exact) mass is 265 g/mol. The first-order chi connectivity index (χ1) is 8.56. The van der Waals surface area contributed by atoms with Gasteiger partial charge in [0.1, 0.15) is 11.8 Å². The van der Waals surface area contributed by atoms with Gasteiger partial charge in [0.15, 0.2) is 5.76 Å². The van der Waals surface area contributed by atoms with Crippen LogP contribution in [0.3, 0.4) is 0 Å². The van der Waals surface area contributed by atoms with Crippen LogP contribution in [0.1, 0.15) is 25.6 Å². The van der Waals surface area contributed by atoms with E-state index >= 15 is 0 Å². The smallest absolute Gasteiger partial charge is 0.303 e. The zero-order valence-corrected chi connectivity index (χ0v) is 10.8. The molecule has 0 unspecified atom stereocenters. The Balaban J connectivity index is 2.22. The molecule has 0 saturated heterocycles. The number of carbonyl (C=O) groups is 1. The number of hydrogen-bond donors (Lipinski definition) is 0. The third-order valence-corrected chi connectivity index (χ3v) is 2.63. The number of nitrogens with zero attached hydrogens (tertiary/aromatic N) is 1. The Bertz CT molecular complexity index is 565. The highest BCUT2D eigenvalue weighted by Crippen LogP contribution is 2.26. The van der Waals surface area contributed by atoms with Crippen molar-refractivity contribution in [3.8, 4) is 11.3 Å². The van der Waals surface area contributed by atoms with Crippen molar-refractivity contribution in [2.24, 2.45) is 0 Å². The molecule has 94 valence electrons. The molecule has 2 rings (SSSR count). The molecule has 4 nitrogen and oxygen atoms in total. The van der Waals surface area contributed by atoms with E-state index in [-0.39, 0.29) is 5.97 Å². The third-order valence-electron chi connectivity index (χ3n) is 2.40. The van der Waals surface area contributed by atoms with Gasteiger partial charge in [0.25, 0.3) is 0 Å². The third kappa shape index (κ3) is 2.90. The molecule has 0 bridgehead atoms. The minimum absolute atomic E-state index is 0.352. The summed E-state index contributed by atoms with van der Waals surface area (Å²) in [5.74, 6) is 0.237. The SMILES string of the molecule is CC(=O)O[C@H](C)c1cc(-c2cccc(Cl)c2)on1. The molecule has 1 heterocycles. The zero-order chi connectivity index (χ0) is 13.1. The molecule has 0 radical (unpaired) electrons. The van der Waals surface area contributed by atoms with Gasteiger partial charge in [0.2, 0.25) is 0 Å². The van der Waals surface area contributed by atoms with E-state index < -0.39 is 6.10 Å². The molecule has 0 N–H and O–H groups in total. The van der Waals surface area contributed by atoms with E-state index in [4.69, 9.17) is 20.9 Å².